The van der Waals surface area contributed by atoms with Crippen LogP contribution < -0.4 is 9.47 Å². The first-order chi connectivity index (χ1) is 30.2. The summed E-state index contributed by atoms with van der Waals surface area (Å²) < 4.78 is 33.9. The molecule has 0 heterocycles. The Morgan fingerprint density at radius 2 is 1.35 bits per heavy atom. The molecule has 346 valence electrons. The molecule has 3 aromatic rings. The average molecular weight is 861 g/mol. The molecule has 8 unspecified atom stereocenters. The predicted octanol–water partition coefficient (Wildman–Crippen LogP) is 15.0. The number of fused-ring (bicyclic) bond motifs is 3. The molecule has 7 rings (SSSR count). The largest absolute Gasteiger partial charge is 0.465 e. The Kier molecular flexibility index (Phi) is 16.7. The lowest BCUT2D eigenvalue weighted by molar-refractivity contribution is -0.166. The van der Waals surface area contributed by atoms with Crippen LogP contribution in [0.2, 0.25) is 0 Å². The summed E-state index contributed by atoms with van der Waals surface area (Å²) in [5, 5.41) is 0. The van der Waals surface area contributed by atoms with Crippen LogP contribution in [0, 0.1) is 53.6 Å². The lowest BCUT2D eigenvalue weighted by Crippen LogP contribution is -2.37. The normalized spacial score (nSPS) is 23.3. The smallest absolute Gasteiger partial charge is 0.203 e. The molecule has 4 aliphatic rings. The average Bonchev–Trinajstić information content (AvgIpc) is 3.98. The fourth-order valence-corrected chi connectivity index (χ4v) is 11.7. The van der Waals surface area contributed by atoms with Gasteiger partial charge < -0.3 is 23.7 Å². The Balaban J connectivity index is 0.965. The Bertz CT molecular complexity index is 1820. The monoisotopic (exact) mass is 861 g/mol. The van der Waals surface area contributed by atoms with Crippen LogP contribution in [0.1, 0.15) is 192 Å². The van der Waals surface area contributed by atoms with Gasteiger partial charge in [-0.25, -0.2) is 0 Å². The van der Waals surface area contributed by atoms with Crippen LogP contribution in [0.15, 0.2) is 54.6 Å². The van der Waals surface area contributed by atoms with Gasteiger partial charge in [0.1, 0.15) is 5.75 Å². The molecule has 3 fully saturated rings. The number of hydrogen-bond acceptors (Lipinski definition) is 5. The molecule has 2 bridgehead atoms. The predicted molar refractivity (Wildman–Crippen MR) is 257 cm³/mol. The van der Waals surface area contributed by atoms with Gasteiger partial charge in [-0.15, -0.1) is 0 Å². The summed E-state index contributed by atoms with van der Waals surface area (Å²) in [6.07, 6.45) is 16.8. The molecule has 0 amide bonds. The second-order valence-corrected chi connectivity index (χ2v) is 22.6. The Hall–Kier alpha value is -3.04. The zero-order valence-electron chi connectivity index (χ0n) is 41.1. The first-order valence-corrected chi connectivity index (χ1v) is 25.6. The second kappa shape index (κ2) is 22.0. The zero-order chi connectivity index (χ0) is 44.7. The highest BCUT2D eigenvalue weighted by atomic mass is 16.7. The van der Waals surface area contributed by atoms with E-state index >= 15 is 0 Å². The molecular weight excluding hydrogens is 777 g/mol. The zero-order valence-corrected chi connectivity index (χ0v) is 41.1. The van der Waals surface area contributed by atoms with Gasteiger partial charge in [0, 0.05) is 18.4 Å². The van der Waals surface area contributed by atoms with Crippen molar-refractivity contribution in [1.29, 1.82) is 0 Å². The van der Waals surface area contributed by atoms with Gasteiger partial charge in [0.25, 0.3) is 0 Å². The van der Waals surface area contributed by atoms with Crippen molar-refractivity contribution in [2.24, 2.45) is 41.4 Å². The SMILES string of the molecule is CC(C)CC(c1c#cc(OC(CC(C)(C)OCc2ccc3c(c2)CC(OC(CC2CC4CCC2C4)Oc2ccc(C(CC(C)C)C(C)C)cc2)C3)OC2CCCCC2)cc1)C(C)C. The van der Waals surface area contributed by atoms with Crippen molar-refractivity contribution in [3.05, 3.63) is 94.5 Å². The molecule has 0 saturated heterocycles. The van der Waals surface area contributed by atoms with Crippen LogP contribution >= 0.6 is 0 Å². The van der Waals surface area contributed by atoms with Crippen molar-refractivity contribution in [2.75, 3.05) is 0 Å². The molecule has 0 N–H and O–H groups in total. The Morgan fingerprint density at radius 3 is 1.98 bits per heavy atom. The van der Waals surface area contributed by atoms with Crippen LogP contribution in [0.5, 0.6) is 11.5 Å². The Morgan fingerprint density at radius 1 is 0.651 bits per heavy atom. The maximum atomic E-state index is 7.00. The van der Waals surface area contributed by atoms with E-state index in [0.717, 1.165) is 56.1 Å². The molecule has 0 radical (unpaired) electrons. The third-order valence-corrected chi connectivity index (χ3v) is 15.1. The summed E-state index contributed by atoms with van der Waals surface area (Å²) in [4.78, 5) is 0. The molecule has 0 aliphatic heterocycles. The van der Waals surface area contributed by atoms with Crippen molar-refractivity contribution in [3.8, 4) is 11.5 Å². The van der Waals surface area contributed by atoms with E-state index in [0.29, 0.717) is 60.2 Å². The minimum atomic E-state index is -0.472. The third kappa shape index (κ3) is 13.7. The first-order valence-electron chi connectivity index (χ1n) is 25.6. The third-order valence-electron chi connectivity index (χ3n) is 15.1. The van der Waals surface area contributed by atoms with Gasteiger partial charge in [0.05, 0.1) is 24.4 Å². The highest BCUT2D eigenvalue weighted by Gasteiger charge is 2.41. The van der Waals surface area contributed by atoms with Crippen LogP contribution in [0.4, 0.5) is 0 Å². The molecule has 0 aromatic heterocycles. The highest BCUT2D eigenvalue weighted by molar-refractivity contribution is 5.37. The van der Waals surface area contributed by atoms with Gasteiger partial charge in [0.15, 0.2) is 12.0 Å². The number of rotatable bonds is 23. The van der Waals surface area contributed by atoms with E-state index in [1.807, 2.05) is 0 Å². The summed E-state index contributed by atoms with van der Waals surface area (Å²) in [5.74, 6) is 7.55. The first kappa shape index (κ1) is 47.9. The molecule has 8 atom stereocenters. The van der Waals surface area contributed by atoms with Crippen LogP contribution in [0.25, 0.3) is 0 Å². The van der Waals surface area contributed by atoms with E-state index in [1.54, 1.807) is 0 Å². The topological polar surface area (TPSA) is 46.2 Å². The fourth-order valence-electron chi connectivity index (χ4n) is 11.7. The summed E-state index contributed by atoms with van der Waals surface area (Å²) in [6.45, 7) is 23.4. The molecule has 5 nitrogen and oxygen atoms in total. The summed E-state index contributed by atoms with van der Waals surface area (Å²) in [5.41, 5.74) is 6.11. The van der Waals surface area contributed by atoms with Crippen molar-refractivity contribution in [2.45, 2.75) is 214 Å². The quantitative estimate of drug-likeness (QED) is 0.0889. The van der Waals surface area contributed by atoms with Gasteiger partial charge in [-0.2, -0.15) is 0 Å². The minimum absolute atomic E-state index is 0.108. The number of ether oxygens (including phenoxy) is 5. The summed E-state index contributed by atoms with van der Waals surface area (Å²) in [6, 6.07) is 27.0. The molecule has 5 heteroatoms. The number of benzene rings is 2. The molecule has 3 aromatic carbocycles. The molecule has 4 aliphatic carbocycles. The Labute approximate surface area is 384 Å². The van der Waals surface area contributed by atoms with Gasteiger partial charge in [-0.1, -0.05) is 117 Å². The summed E-state index contributed by atoms with van der Waals surface area (Å²) in [7, 11) is 0. The van der Waals surface area contributed by atoms with Crippen LogP contribution in [-0.4, -0.2) is 30.4 Å². The molecular formula is C58H84O5. The van der Waals surface area contributed by atoms with Crippen LogP contribution in [-0.2, 0) is 33.7 Å². The lowest BCUT2D eigenvalue weighted by atomic mass is 9.82. The van der Waals surface area contributed by atoms with E-state index in [-0.39, 0.29) is 18.5 Å². The van der Waals surface area contributed by atoms with Crippen molar-refractivity contribution in [1.82, 2.24) is 0 Å². The summed E-state index contributed by atoms with van der Waals surface area (Å²) >= 11 is 0. The molecule has 63 heavy (non-hydrogen) atoms. The van der Waals surface area contributed by atoms with Gasteiger partial charge in [-0.05, 0) is 177 Å². The van der Waals surface area contributed by atoms with Crippen LogP contribution in [0.3, 0.4) is 0 Å². The highest BCUT2D eigenvalue weighted by Crippen LogP contribution is 2.50. The maximum absolute atomic E-state index is 7.00. The van der Waals surface area contributed by atoms with E-state index < -0.39 is 11.9 Å². The second-order valence-electron chi connectivity index (χ2n) is 22.6. The van der Waals surface area contributed by atoms with Crippen molar-refractivity contribution < 1.29 is 23.7 Å². The van der Waals surface area contributed by atoms with Gasteiger partial charge in [0.2, 0.25) is 6.29 Å². The fraction of sp³-hybridized carbons (Fsp3) is 0.690. The standard InChI is InChI=1S/C58H84O5/c1-38(2)28-54(40(5)6)44-20-24-51(25-21-44)60-56(35-49-31-42-16-18-46(49)30-42)63-53-33-47-19-17-43(32-48(47)34-53)37-59-58(9,10)36-57(61-50-14-12-11-13-15-50)62-52-26-22-45(23-27-52)55(41(7)8)29-39(3)4/h17,19-22,24-26,32,38-42,46,49-50,53-57H,11-16,18,28-31,33-37H2,1-10H3. The van der Waals surface area contributed by atoms with E-state index in [4.69, 9.17) is 23.7 Å². The number of hydrogen-bond donors (Lipinski definition) is 0. The maximum Gasteiger partial charge on any atom is 0.203 e. The van der Waals surface area contributed by atoms with Crippen molar-refractivity contribution >= 4 is 0 Å². The van der Waals surface area contributed by atoms with Gasteiger partial charge in [-0.3, -0.25) is 0 Å². The van der Waals surface area contributed by atoms with E-state index in [1.165, 1.54) is 79.2 Å². The molecule has 3 saturated carbocycles. The lowest BCUT2D eigenvalue weighted by Gasteiger charge is -2.33. The van der Waals surface area contributed by atoms with Crippen molar-refractivity contribution in [3.63, 3.8) is 0 Å². The molecule has 0 spiro atoms. The van der Waals surface area contributed by atoms with E-state index in [9.17, 15) is 0 Å². The van der Waals surface area contributed by atoms with E-state index in [2.05, 4.69) is 136 Å². The minimum Gasteiger partial charge on any atom is -0.465 e. The van der Waals surface area contributed by atoms with Gasteiger partial charge >= 0.3 is 0 Å².